The highest BCUT2D eigenvalue weighted by Gasteiger charge is 2.29. The third-order valence-electron chi connectivity index (χ3n) is 1.72. The molecule has 0 amide bonds. The van der Waals surface area contributed by atoms with E-state index in [1.165, 1.54) is 0 Å². The highest BCUT2D eigenvalue weighted by molar-refractivity contribution is 4.82. The van der Waals surface area contributed by atoms with Crippen LogP contribution in [0.1, 0.15) is 33.1 Å². The van der Waals surface area contributed by atoms with Crippen LogP contribution in [-0.4, -0.2) is 5.66 Å². The van der Waals surface area contributed by atoms with Crippen LogP contribution in [-0.2, 0) is 0 Å². The van der Waals surface area contributed by atoms with Crippen LogP contribution in [0.15, 0.2) is 20.7 Å². The number of rotatable bonds is 3. The summed E-state index contributed by atoms with van der Waals surface area (Å²) in [6.07, 6.45) is 2.93. The van der Waals surface area contributed by atoms with Gasteiger partial charge in [0.2, 0.25) is 0 Å². The maximum absolute atomic E-state index is 3.97. The summed E-state index contributed by atoms with van der Waals surface area (Å²) in [7, 11) is 0. The van der Waals surface area contributed by atoms with Gasteiger partial charge in [-0.15, -0.1) is 10.2 Å². The van der Waals surface area contributed by atoms with E-state index < -0.39 is 0 Å². The third-order valence-corrected chi connectivity index (χ3v) is 1.72. The minimum atomic E-state index is -0.297. The van der Waals surface area contributed by atoms with Gasteiger partial charge < -0.3 is 0 Å². The number of hydrogen-bond acceptors (Lipinski definition) is 4. The number of nitrogens with zero attached hydrogens (tertiary/aromatic N) is 4. The summed E-state index contributed by atoms with van der Waals surface area (Å²) in [5.41, 5.74) is -0.297. The van der Waals surface area contributed by atoms with Crippen molar-refractivity contribution in [1.82, 2.24) is 0 Å². The summed E-state index contributed by atoms with van der Waals surface area (Å²) in [6, 6.07) is 0. The van der Waals surface area contributed by atoms with Gasteiger partial charge in [0.15, 0.2) is 5.66 Å². The Morgan fingerprint density at radius 3 is 2.10 bits per heavy atom. The summed E-state index contributed by atoms with van der Waals surface area (Å²) in [6.45, 7) is 4.17. The number of hydrogen-bond donors (Lipinski definition) is 0. The highest BCUT2D eigenvalue weighted by atomic mass is 15.6. The first-order valence-corrected chi connectivity index (χ1v) is 3.67. The van der Waals surface area contributed by atoms with Crippen LogP contribution in [0.5, 0.6) is 0 Å². The quantitative estimate of drug-likeness (QED) is 0.578. The van der Waals surface area contributed by atoms with E-state index in [1.54, 1.807) is 0 Å². The second-order valence-corrected chi connectivity index (χ2v) is 2.46. The van der Waals surface area contributed by atoms with Gasteiger partial charge in [-0.05, 0) is 23.3 Å². The van der Waals surface area contributed by atoms with E-state index in [9.17, 15) is 0 Å². The Morgan fingerprint density at radius 2 is 1.70 bits per heavy atom. The Morgan fingerprint density at radius 1 is 1.10 bits per heavy atom. The van der Waals surface area contributed by atoms with Crippen LogP contribution >= 0.6 is 0 Å². The van der Waals surface area contributed by atoms with Gasteiger partial charge >= 0.3 is 0 Å². The average molecular weight is 140 g/mol. The molecule has 0 fully saturated rings. The molecule has 1 rings (SSSR count). The molecule has 0 spiro atoms. The molecule has 0 saturated heterocycles. The van der Waals surface area contributed by atoms with Gasteiger partial charge in [0.05, 0.1) is 0 Å². The molecule has 0 aromatic carbocycles. The molecule has 56 valence electrons. The van der Waals surface area contributed by atoms with Crippen LogP contribution in [0.3, 0.4) is 0 Å². The Balaban J connectivity index is 2.60. The molecule has 0 radical (unpaired) electrons. The van der Waals surface area contributed by atoms with E-state index in [1.807, 2.05) is 0 Å². The summed E-state index contributed by atoms with van der Waals surface area (Å²) in [5.74, 6) is 0. The van der Waals surface area contributed by atoms with Crippen LogP contribution in [0.4, 0.5) is 0 Å². The lowest BCUT2D eigenvalue weighted by molar-refractivity contribution is 0.391. The second-order valence-electron chi connectivity index (χ2n) is 2.46. The van der Waals surface area contributed by atoms with Gasteiger partial charge in [-0.2, -0.15) is 0 Å². The van der Waals surface area contributed by atoms with Gasteiger partial charge in [0.1, 0.15) is 0 Å². The molecule has 1 aliphatic heterocycles. The molecule has 0 unspecified atom stereocenters. The summed E-state index contributed by atoms with van der Waals surface area (Å²) >= 11 is 0. The van der Waals surface area contributed by atoms with E-state index in [2.05, 4.69) is 34.5 Å². The van der Waals surface area contributed by atoms with Gasteiger partial charge in [-0.3, -0.25) is 0 Å². The zero-order valence-electron chi connectivity index (χ0n) is 6.41. The van der Waals surface area contributed by atoms with Crippen LogP contribution in [0.25, 0.3) is 0 Å². The molecule has 1 aliphatic rings. The minimum Gasteiger partial charge on any atom is -0.135 e. The molecule has 4 nitrogen and oxygen atoms in total. The first-order valence-electron chi connectivity index (χ1n) is 3.67. The zero-order valence-corrected chi connectivity index (χ0v) is 6.41. The normalized spacial score (nSPS) is 20.2. The van der Waals surface area contributed by atoms with E-state index in [0.29, 0.717) is 0 Å². The van der Waals surface area contributed by atoms with Crippen molar-refractivity contribution < 1.29 is 0 Å². The smallest absolute Gasteiger partial charge is 0.135 e. The maximum Gasteiger partial charge on any atom is 0.195 e. The Kier molecular flexibility index (Phi) is 2.09. The van der Waals surface area contributed by atoms with E-state index in [-0.39, 0.29) is 5.66 Å². The molecule has 0 aromatic heterocycles. The van der Waals surface area contributed by atoms with Gasteiger partial charge in [0, 0.05) is 0 Å². The van der Waals surface area contributed by atoms with E-state index in [0.717, 1.165) is 19.3 Å². The van der Waals surface area contributed by atoms with Crippen LogP contribution in [0.2, 0.25) is 0 Å². The van der Waals surface area contributed by atoms with Crippen molar-refractivity contribution in [3.8, 4) is 0 Å². The van der Waals surface area contributed by atoms with Crippen molar-refractivity contribution in [1.29, 1.82) is 0 Å². The SMILES string of the molecule is CCCC1(CC)N=NN=N1. The molecule has 0 N–H and O–H groups in total. The fourth-order valence-electron chi connectivity index (χ4n) is 1.05. The summed E-state index contributed by atoms with van der Waals surface area (Å²) in [4.78, 5) is 0. The molecule has 1 heterocycles. The maximum atomic E-state index is 3.97. The van der Waals surface area contributed by atoms with Crippen LogP contribution < -0.4 is 0 Å². The lowest BCUT2D eigenvalue weighted by atomic mass is 10.0. The van der Waals surface area contributed by atoms with E-state index in [4.69, 9.17) is 0 Å². The molecule has 10 heavy (non-hydrogen) atoms. The fourth-order valence-corrected chi connectivity index (χ4v) is 1.05. The molecule has 0 aliphatic carbocycles. The lowest BCUT2D eigenvalue weighted by Crippen LogP contribution is -2.18. The fraction of sp³-hybridized carbons (Fsp3) is 1.00. The molecule has 0 bridgehead atoms. The van der Waals surface area contributed by atoms with Crippen LogP contribution in [0, 0.1) is 0 Å². The first kappa shape index (κ1) is 7.31. The molecular weight excluding hydrogens is 128 g/mol. The standard InChI is InChI=1S/C6H12N4/c1-3-5-6(4-2)7-9-10-8-6/h3-5H2,1-2H3. The van der Waals surface area contributed by atoms with Crippen molar-refractivity contribution in [3.63, 3.8) is 0 Å². The molecular formula is C6H12N4. The van der Waals surface area contributed by atoms with Crippen molar-refractivity contribution in [2.24, 2.45) is 20.7 Å². The zero-order chi connectivity index (χ0) is 7.45. The van der Waals surface area contributed by atoms with Crippen molar-refractivity contribution in [2.75, 3.05) is 0 Å². The third kappa shape index (κ3) is 1.20. The Bertz CT molecular complexity index is 149. The minimum absolute atomic E-state index is 0.297. The van der Waals surface area contributed by atoms with E-state index >= 15 is 0 Å². The second kappa shape index (κ2) is 2.86. The van der Waals surface area contributed by atoms with Crippen molar-refractivity contribution in [3.05, 3.63) is 0 Å². The van der Waals surface area contributed by atoms with Crippen molar-refractivity contribution in [2.45, 2.75) is 38.8 Å². The molecule has 4 heteroatoms. The Labute approximate surface area is 60.4 Å². The largest absolute Gasteiger partial charge is 0.195 e. The summed E-state index contributed by atoms with van der Waals surface area (Å²) < 4.78 is 0. The van der Waals surface area contributed by atoms with Crippen molar-refractivity contribution >= 4 is 0 Å². The monoisotopic (exact) mass is 140 g/mol. The predicted octanol–water partition coefficient (Wildman–Crippen LogP) is 2.73. The van der Waals surface area contributed by atoms with Gasteiger partial charge in [-0.1, -0.05) is 20.3 Å². The molecule has 0 aromatic rings. The first-order chi connectivity index (χ1) is 4.83. The molecule has 0 atom stereocenters. The predicted molar refractivity (Wildman–Crippen MR) is 37.6 cm³/mol. The molecule has 0 saturated carbocycles. The average Bonchev–Trinajstić information content (AvgIpc) is 2.39. The van der Waals surface area contributed by atoms with Gasteiger partial charge in [-0.25, -0.2) is 0 Å². The highest BCUT2D eigenvalue weighted by Crippen LogP contribution is 2.28. The Hall–Kier alpha value is -0.800. The summed E-state index contributed by atoms with van der Waals surface area (Å²) in [5, 5.41) is 15.0. The van der Waals surface area contributed by atoms with Gasteiger partial charge in [0.25, 0.3) is 0 Å². The topological polar surface area (TPSA) is 49.4 Å². The lowest BCUT2D eigenvalue weighted by Gasteiger charge is -2.14.